The van der Waals surface area contributed by atoms with Gasteiger partial charge in [0.05, 0.1) is 0 Å². The summed E-state index contributed by atoms with van der Waals surface area (Å²) in [6, 6.07) is 1.49. The highest BCUT2D eigenvalue weighted by atomic mass is 79.9. The van der Waals surface area contributed by atoms with E-state index in [4.69, 9.17) is 5.73 Å². The van der Waals surface area contributed by atoms with Crippen LogP contribution in [0.4, 0.5) is 13.2 Å². The molecule has 0 amide bonds. The lowest BCUT2D eigenvalue weighted by Crippen LogP contribution is -2.19. The van der Waals surface area contributed by atoms with Gasteiger partial charge in [-0.1, -0.05) is 0 Å². The first-order valence-electron chi connectivity index (χ1n) is 4.72. The first-order valence-corrected chi connectivity index (χ1v) is 5.52. The molecule has 0 atom stereocenters. The maximum absolute atomic E-state index is 12.7. The molecule has 8 heteroatoms. The van der Waals surface area contributed by atoms with Crippen LogP contribution >= 0.6 is 15.9 Å². The van der Waals surface area contributed by atoms with Crippen LogP contribution in [-0.2, 0) is 12.7 Å². The zero-order valence-electron chi connectivity index (χ0n) is 8.50. The summed E-state index contributed by atoms with van der Waals surface area (Å²) in [7, 11) is 0. The minimum Gasteiger partial charge on any atom is -0.329 e. The number of nitrogens with two attached hydrogens (primary N) is 1. The Morgan fingerprint density at radius 1 is 1.41 bits per heavy atom. The van der Waals surface area contributed by atoms with Crippen molar-refractivity contribution < 1.29 is 13.2 Å². The van der Waals surface area contributed by atoms with Gasteiger partial charge in [0.2, 0.25) is 5.82 Å². The summed E-state index contributed by atoms with van der Waals surface area (Å²) in [5.74, 6) is -0.969. The largest absolute Gasteiger partial charge is 0.449 e. The lowest BCUT2D eigenvalue weighted by atomic mass is 10.4. The average Bonchev–Trinajstić information content (AvgIpc) is 2.56. The minimum absolute atomic E-state index is 0.0278. The molecule has 0 fully saturated rings. The summed E-state index contributed by atoms with van der Waals surface area (Å²) in [6.07, 6.45) is -3.08. The van der Waals surface area contributed by atoms with E-state index in [2.05, 4.69) is 25.9 Å². The number of fused-ring (bicyclic) bond motifs is 1. The Kier molecular flexibility index (Phi) is 3.09. The highest BCUT2D eigenvalue weighted by Crippen LogP contribution is 2.31. The van der Waals surface area contributed by atoms with Crippen LogP contribution < -0.4 is 5.73 Å². The Labute approximate surface area is 103 Å². The van der Waals surface area contributed by atoms with Crippen LogP contribution in [-0.4, -0.2) is 21.1 Å². The first kappa shape index (κ1) is 12.3. The first-order chi connectivity index (χ1) is 7.93. The standard InChI is InChI=1S/C9H8BrF3N4/c10-5-3-6-7(15-4-5)17(2-1-14)8(16-6)9(11,12)13/h3-4H,1-2,14H2. The molecule has 2 aromatic rings. The minimum atomic E-state index is -4.51. The topological polar surface area (TPSA) is 56.7 Å². The second-order valence-corrected chi connectivity index (χ2v) is 4.29. The second kappa shape index (κ2) is 4.26. The van der Waals surface area contributed by atoms with Crippen LogP contribution in [0.3, 0.4) is 0 Å². The van der Waals surface area contributed by atoms with Crippen molar-refractivity contribution in [1.29, 1.82) is 0 Å². The Morgan fingerprint density at radius 3 is 2.71 bits per heavy atom. The Hall–Kier alpha value is -1.15. The zero-order valence-corrected chi connectivity index (χ0v) is 10.1. The van der Waals surface area contributed by atoms with Gasteiger partial charge in [-0.2, -0.15) is 13.2 Å². The number of hydrogen-bond acceptors (Lipinski definition) is 3. The van der Waals surface area contributed by atoms with Crippen LogP contribution in [0.1, 0.15) is 5.82 Å². The molecule has 0 spiro atoms. The fraction of sp³-hybridized carbons (Fsp3) is 0.333. The number of nitrogens with zero attached hydrogens (tertiary/aromatic N) is 3. The Morgan fingerprint density at radius 2 is 2.12 bits per heavy atom. The molecule has 92 valence electrons. The second-order valence-electron chi connectivity index (χ2n) is 3.37. The maximum atomic E-state index is 12.7. The molecule has 2 heterocycles. The van der Waals surface area contributed by atoms with Crippen molar-refractivity contribution in [2.45, 2.75) is 12.7 Å². The van der Waals surface area contributed by atoms with Crippen LogP contribution in [0.2, 0.25) is 0 Å². The van der Waals surface area contributed by atoms with Crippen LogP contribution in [0, 0.1) is 0 Å². The summed E-state index contributed by atoms with van der Waals surface area (Å²) in [6.45, 7) is 0.117. The van der Waals surface area contributed by atoms with Crippen molar-refractivity contribution >= 4 is 27.1 Å². The quantitative estimate of drug-likeness (QED) is 0.925. The third-order valence-corrected chi connectivity index (χ3v) is 2.59. The number of imidazole rings is 1. The highest BCUT2D eigenvalue weighted by Gasteiger charge is 2.37. The summed E-state index contributed by atoms with van der Waals surface area (Å²) >= 11 is 3.14. The number of hydrogen-bond donors (Lipinski definition) is 1. The van der Waals surface area contributed by atoms with Gasteiger partial charge < -0.3 is 10.3 Å². The Bertz CT molecular complexity index is 549. The highest BCUT2D eigenvalue weighted by molar-refractivity contribution is 9.10. The molecule has 0 saturated heterocycles. The van der Waals surface area contributed by atoms with Gasteiger partial charge in [-0.3, -0.25) is 0 Å². The zero-order chi connectivity index (χ0) is 12.6. The van der Waals surface area contributed by atoms with Crippen molar-refractivity contribution in [3.8, 4) is 0 Å². The SMILES string of the molecule is NCCn1c(C(F)(F)F)nc2cc(Br)cnc21. The van der Waals surface area contributed by atoms with E-state index >= 15 is 0 Å². The third kappa shape index (κ3) is 2.27. The van der Waals surface area contributed by atoms with E-state index < -0.39 is 12.0 Å². The monoisotopic (exact) mass is 308 g/mol. The Balaban J connectivity index is 2.70. The molecule has 0 saturated carbocycles. The van der Waals surface area contributed by atoms with E-state index in [0.29, 0.717) is 4.47 Å². The number of aromatic nitrogens is 3. The van der Waals surface area contributed by atoms with Gasteiger partial charge in [0.1, 0.15) is 5.52 Å². The summed E-state index contributed by atoms with van der Waals surface area (Å²) in [5, 5.41) is 0. The molecule has 2 rings (SSSR count). The fourth-order valence-electron chi connectivity index (χ4n) is 1.54. The molecule has 17 heavy (non-hydrogen) atoms. The molecule has 0 aromatic carbocycles. The van der Waals surface area contributed by atoms with Gasteiger partial charge in [-0.25, -0.2) is 9.97 Å². The smallest absolute Gasteiger partial charge is 0.329 e. The van der Waals surface area contributed by atoms with E-state index in [1.54, 1.807) is 0 Å². The maximum Gasteiger partial charge on any atom is 0.449 e. The predicted molar refractivity (Wildman–Crippen MR) is 59.3 cm³/mol. The van der Waals surface area contributed by atoms with Crippen LogP contribution in [0.5, 0.6) is 0 Å². The van der Waals surface area contributed by atoms with Gasteiger partial charge in [-0.15, -0.1) is 0 Å². The molecule has 0 aliphatic rings. The van der Waals surface area contributed by atoms with Gasteiger partial charge in [0, 0.05) is 23.8 Å². The molecule has 0 aliphatic heterocycles. The molecule has 0 unspecified atom stereocenters. The summed E-state index contributed by atoms with van der Waals surface area (Å²) < 4.78 is 39.8. The molecular weight excluding hydrogens is 301 g/mol. The molecule has 0 radical (unpaired) electrons. The van der Waals surface area contributed by atoms with Crippen molar-refractivity contribution in [2.24, 2.45) is 5.73 Å². The van der Waals surface area contributed by atoms with Gasteiger partial charge in [-0.05, 0) is 22.0 Å². The lowest BCUT2D eigenvalue weighted by Gasteiger charge is -2.09. The number of rotatable bonds is 2. The molecule has 0 bridgehead atoms. The number of halogens is 4. The molecule has 4 nitrogen and oxygen atoms in total. The summed E-state index contributed by atoms with van der Waals surface area (Å²) in [4.78, 5) is 7.48. The lowest BCUT2D eigenvalue weighted by molar-refractivity contribution is -0.146. The average molecular weight is 309 g/mol. The summed E-state index contributed by atoms with van der Waals surface area (Å²) in [5.41, 5.74) is 5.68. The van der Waals surface area contributed by atoms with E-state index in [0.717, 1.165) is 4.57 Å². The van der Waals surface area contributed by atoms with Crippen molar-refractivity contribution in [2.75, 3.05) is 6.54 Å². The molecule has 2 N–H and O–H groups in total. The van der Waals surface area contributed by atoms with Crippen LogP contribution in [0.15, 0.2) is 16.7 Å². The molecular formula is C9H8BrF3N4. The van der Waals surface area contributed by atoms with Gasteiger partial charge in [0.25, 0.3) is 0 Å². The normalized spacial score (nSPS) is 12.3. The molecule has 0 aliphatic carbocycles. The number of pyridine rings is 1. The van der Waals surface area contributed by atoms with Gasteiger partial charge in [0.15, 0.2) is 5.65 Å². The van der Waals surface area contributed by atoms with E-state index in [-0.39, 0.29) is 24.3 Å². The fourth-order valence-corrected chi connectivity index (χ4v) is 1.86. The molecule has 2 aromatic heterocycles. The van der Waals surface area contributed by atoms with Crippen molar-refractivity contribution in [1.82, 2.24) is 14.5 Å². The van der Waals surface area contributed by atoms with Crippen LogP contribution in [0.25, 0.3) is 11.2 Å². The third-order valence-electron chi connectivity index (χ3n) is 2.16. The van der Waals surface area contributed by atoms with Gasteiger partial charge >= 0.3 is 6.18 Å². The predicted octanol–water partition coefficient (Wildman–Crippen LogP) is 2.17. The van der Waals surface area contributed by atoms with Crippen molar-refractivity contribution in [3.63, 3.8) is 0 Å². The van der Waals surface area contributed by atoms with E-state index in [9.17, 15) is 13.2 Å². The number of alkyl halides is 3. The van der Waals surface area contributed by atoms with Crippen molar-refractivity contribution in [3.05, 3.63) is 22.6 Å². The van der Waals surface area contributed by atoms with E-state index in [1.807, 2.05) is 0 Å². The van der Waals surface area contributed by atoms with E-state index in [1.165, 1.54) is 12.3 Å².